The van der Waals surface area contributed by atoms with E-state index in [1.807, 2.05) is 0 Å². The van der Waals surface area contributed by atoms with Gasteiger partial charge in [-0.1, -0.05) is 0 Å². The molecule has 7 aliphatic heterocycles. The van der Waals surface area contributed by atoms with Crippen LogP contribution in [0.4, 0.5) is 0 Å². The Labute approximate surface area is 525 Å². The number of aliphatic hydroxyl groups is 21. The van der Waals surface area contributed by atoms with Gasteiger partial charge in [0.2, 0.25) is 17.7 Å². The minimum atomic E-state index is -3.06. The standard InChI is InChI=1S/C51H85N3O39/c1-12(60)52-23-15(63)4-51(50(79)80,93-42(23)26(65)16(64)5-55)82-11-22-28(67)33(72)37(76)48(88-22)91-41-25(54-14(3)62)46(84-18(7-57)29(41)68)92-43-30(69)21(87-49(38(43)77)90-40-19(8-58)83-44(78)35(74)34(40)73)10-81-45-24(53-13(2)61)31(70)39(20(9-59)86-45)89-47-36(75)32(71)27(66)17(6-56)85-47/h15-49,55-59,63-78H,4-11H2,1-3H3,(H,52,60)(H,53,61)(H,54,62)(H,79,80)/t15-,16+,17+,18+,19+,20+,21+,22+,23+,24+,25+,26+,27-,28-,29+,30-,31+,32-,33-,34+,35+,36+,37+,38+,39+,40+,41+,42+,43-,44+,45+,46-,47-,48-,49-,51+/m0/s1. The van der Waals surface area contributed by atoms with Crippen LogP contribution in [0.15, 0.2) is 0 Å². The van der Waals surface area contributed by atoms with Crippen molar-refractivity contribution in [2.24, 2.45) is 0 Å². The fraction of sp³-hybridized carbons (Fsp3) is 0.922. The smallest absolute Gasteiger partial charge is 0.364 e. The molecule has 7 heterocycles. The molecule has 36 atom stereocenters. The summed E-state index contributed by atoms with van der Waals surface area (Å²) in [6, 6.07) is -5.39. The Kier molecular flexibility index (Phi) is 27.2. The van der Waals surface area contributed by atoms with Crippen molar-refractivity contribution in [3.8, 4) is 0 Å². The molecule has 7 rings (SSSR count). The van der Waals surface area contributed by atoms with Crippen molar-refractivity contribution in [3.05, 3.63) is 0 Å². The highest BCUT2D eigenvalue weighted by atomic mass is 16.8. The molecule has 0 aromatic rings. The predicted molar refractivity (Wildman–Crippen MR) is 284 cm³/mol. The Morgan fingerprint density at radius 2 is 0.871 bits per heavy atom. The number of carboxylic acids is 1. The van der Waals surface area contributed by atoms with Crippen LogP contribution in [-0.2, 0) is 80.8 Å². The number of aliphatic carboxylic acids is 1. The Morgan fingerprint density at radius 1 is 0.441 bits per heavy atom. The first-order valence-corrected chi connectivity index (χ1v) is 29.2. The van der Waals surface area contributed by atoms with Gasteiger partial charge in [-0.05, 0) is 0 Å². The second-order valence-electron chi connectivity index (χ2n) is 23.3. The normalized spacial score (nSPS) is 47.2. The number of aliphatic hydroxyl groups excluding tert-OH is 21. The fourth-order valence-corrected chi connectivity index (χ4v) is 11.7. The molecule has 0 aromatic carbocycles. The molecule has 7 saturated heterocycles. The lowest BCUT2D eigenvalue weighted by Gasteiger charge is -2.50. The lowest BCUT2D eigenvalue weighted by atomic mass is 9.88. The van der Waals surface area contributed by atoms with Gasteiger partial charge in [0, 0.05) is 27.2 Å². The van der Waals surface area contributed by atoms with Crippen LogP contribution in [0, 0.1) is 0 Å². The summed E-state index contributed by atoms with van der Waals surface area (Å²) in [5.74, 6) is -7.76. The Morgan fingerprint density at radius 3 is 1.41 bits per heavy atom. The Balaban J connectivity index is 1.16. The van der Waals surface area contributed by atoms with Gasteiger partial charge in [-0.3, -0.25) is 14.4 Å². The maximum Gasteiger partial charge on any atom is 0.364 e. The van der Waals surface area contributed by atoms with Crippen molar-refractivity contribution in [2.75, 3.05) is 46.2 Å². The highest BCUT2D eigenvalue weighted by Crippen LogP contribution is 2.39. The van der Waals surface area contributed by atoms with E-state index in [9.17, 15) is 132 Å². The zero-order chi connectivity index (χ0) is 69.0. The summed E-state index contributed by atoms with van der Waals surface area (Å²) in [4.78, 5) is 50.7. The molecule has 3 amide bonds. The molecule has 0 aromatic heterocycles. The average Bonchev–Trinajstić information content (AvgIpc) is 0.792. The second kappa shape index (κ2) is 32.9. The lowest BCUT2D eigenvalue weighted by Crippen LogP contribution is -2.70. The molecule has 0 aliphatic carbocycles. The maximum atomic E-state index is 13.1. The summed E-state index contributed by atoms with van der Waals surface area (Å²) < 4.78 is 74.9. The quantitative estimate of drug-likeness (QED) is 0.0404. The topological polar surface area (TPSA) is 669 Å². The highest BCUT2D eigenvalue weighted by Gasteiger charge is 2.60. The van der Waals surface area contributed by atoms with Crippen molar-refractivity contribution in [1.82, 2.24) is 16.0 Å². The lowest BCUT2D eigenvalue weighted by molar-refractivity contribution is -0.384. The van der Waals surface area contributed by atoms with Crippen molar-refractivity contribution < 1.29 is 193 Å². The van der Waals surface area contributed by atoms with E-state index in [0.29, 0.717) is 0 Å². The third-order valence-electron chi connectivity index (χ3n) is 16.7. The van der Waals surface area contributed by atoms with Crippen LogP contribution in [0.1, 0.15) is 27.2 Å². The Hall–Kier alpha value is -3.48. The van der Waals surface area contributed by atoms with Crippen LogP contribution >= 0.6 is 0 Å². The Bertz CT molecular complexity index is 2410. The van der Waals surface area contributed by atoms with E-state index in [4.69, 9.17) is 61.6 Å². The SMILES string of the molecule is CC(=O)N[C@H]1[C@H](OC[C@H]2O[C@@H](O[C@H]3[C@H](O)[C@@H](O)[C@H](O)O[C@@H]3CO)[C@H](O)[C@@H](O[C@@H]3O[C@H](CO)[C@@H](O)[C@H](O[C@@H]4O[C@H](CO[C@]5(C(=O)O)C[C@H](O)[C@@H](NC(C)=O)[C@H]([C@H](O)[C@H](O)CO)O5)[C@H](O)[C@H](O)[C@H]4O)[C@H]3NC(C)=O)[C@H]2O)O[C@H](CO)[C@@H](O[C@@H]2O[C@H](CO)[C@H](O)[C@H](O)[C@H]2O)[C@@H]1O. The molecule has 0 saturated carbocycles. The largest absolute Gasteiger partial charge is 0.477 e. The molecule has 538 valence electrons. The summed E-state index contributed by atoms with van der Waals surface area (Å²) in [7, 11) is 0. The summed E-state index contributed by atoms with van der Waals surface area (Å²) in [6.45, 7) is -4.61. The van der Waals surface area contributed by atoms with Crippen molar-refractivity contribution in [1.29, 1.82) is 0 Å². The zero-order valence-electron chi connectivity index (χ0n) is 49.6. The molecule has 93 heavy (non-hydrogen) atoms. The van der Waals surface area contributed by atoms with Gasteiger partial charge in [0.15, 0.2) is 37.7 Å². The number of carbonyl (C=O) groups is 4. The van der Waals surface area contributed by atoms with Crippen LogP contribution in [0.5, 0.6) is 0 Å². The molecule has 0 spiro atoms. The number of amides is 3. The summed E-state index contributed by atoms with van der Waals surface area (Å²) in [5.41, 5.74) is 0. The minimum absolute atomic E-state index is 0.822. The van der Waals surface area contributed by atoms with Crippen LogP contribution in [0.25, 0.3) is 0 Å². The third kappa shape index (κ3) is 17.0. The first-order chi connectivity index (χ1) is 43.8. The molecule has 25 N–H and O–H groups in total. The van der Waals surface area contributed by atoms with Gasteiger partial charge >= 0.3 is 5.97 Å². The number of carbonyl (C=O) groups excluding carboxylic acids is 3. The number of hydrogen-bond acceptors (Lipinski definition) is 38. The van der Waals surface area contributed by atoms with Gasteiger partial charge in [0.05, 0.1) is 58.4 Å². The van der Waals surface area contributed by atoms with E-state index in [1.54, 1.807) is 0 Å². The number of rotatable bonds is 25. The monoisotopic (exact) mass is 1360 g/mol. The van der Waals surface area contributed by atoms with Crippen molar-refractivity contribution >= 4 is 23.7 Å². The van der Waals surface area contributed by atoms with Crippen molar-refractivity contribution in [2.45, 2.75) is 248 Å². The molecule has 42 nitrogen and oxygen atoms in total. The van der Waals surface area contributed by atoms with Gasteiger partial charge < -0.3 is 190 Å². The van der Waals surface area contributed by atoms with Gasteiger partial charge in [0.1, 0.15) is 165 Å². The van der Waals surface area contributed by atoms with E-state index in [-0.39, 0.29) is 0 Å². The van der Waals surface area contributed by atoms with Crippen LogP contribution in [0.2, 0.25) is 0 Å². The van der Waals surface area contributed by atoms with E-state index < -0.39 is 297 Å². The van der Waals surface area contributed by atoms with E-state index in [2.05, 4.69) is 16.0 Å². The number of ether oxygens (including phenoxy) is 13. The van der Waals surface area contributed by atoms with E-state index in [1.165, 1.54) is 0 Å². The summed E-state index contributed by atoms with van der Waals surface area (Å²) >= 11 is 0. The average molecular weight is 1360 g/mol. The van der Waals surface area contributed by atoms with Crippen molar-refractivity contribution in [3.63, 3.8) is 0 Å². The molecule has 0 radical (unpaired) electrons. The van der Waals surface area contributed by atoms with Crippen LogP contribution in [-0.4, -0.2) is 403 Å². The molecule has 0 unspecified atom stereocenters. The molecule has 7 fully saturated rings. The molecule has 0 bridgehead atoms. The second-order valence-corrected chi connectivity index (χ2v) is 23.3. The van der Waals surface area contributed by atoms with Crippen LogP contribution in [0.3, 0.4) is 0 Å². The van der Waals surface area contributed by atoms with E-state index in [0.717, 1.165) is 20.8 Å². The number of nitrogens with one attached hydrogen (secondary N) is 3. The van der Waals surface area contributed by atoms with Gasteiger partial charge in [-0.25, -0.2) is 4.79 Å². The van der Waals surface area contributed by atoms with Crippen LogP contribution < -0.4 is 16.0 Å². The summed E-state index contributed by atoms with van der Waals surface area (Å²) in [5, 5.41) is 245. The predicted octanol–water partition coefficient (Wildman–Crippen LogP) is -16.6. The molecular weight excluding hydrogens is 1280 g/mol. The highest BCUT2D eigenvalue weighted by molar-refractivity contribution is 5.77. The number of carboxylic acid groups (broad SMARTS) is 1. The fourth-order valence-electron chi connectivity index (χ4n) is 11.7. The summed E-state index contributed by atoms with van der Waals surface area (Å²) in [6.07, 6.45) is -67.0. The molecule has 42 heteroatoms. The maximum absolute atomic E-state index is 13.1. The number of hydrogen-bond donors (Lipinski definition) is 25. The first-order valence-electron chi connectivity index (χ1n) is 29.2. The minimum Gasteiger partial charge on any atom is -0.477 e. The molecular formula is C51H85N3O39. The first kappa shape index (κ1) is 76.9. The van der Waals surface area contributed by atoms with E-state index >= 15 is 0 Å². The zero-order valence-corrected chi connectivity index (χ0v) is 49.6. The molecule has 7 aliphatic rings. The van der Waals surface area contributed by atoms with Gasteiger partial charge in [-0.2, -0.15) is 0 Å². The van der Waals surface area contributed by atoms with Gasteiger partial charge in [-0.15, -0.1) is 0 Å². The van der Waals surface area contributed by atoms with Gasteiger partial charge in [0.25, 0.3) is 5.79 Å². The third-order valence-corrected chi connectivity index (χ3v) is 16.7.